The molecule has 4 heterocycles. The first-order chi connectivity index (χ1) is 29.8. The monoisotopic (exact) mass is 902 g/mol. The van der Waals surface area contributed by atoms with Gasteiger partial charge in [0.1, 0.15) is 24.5 Å². The van der Waals surface area contributed by atoms with Gasteiger partial charge in [-0.1, -0.05) is 20.3 Å². The number of nitrogens with two attached hydrogens (primary N) is 2. The zero-order valence-corrected chi connectivity index (χ0v) is 36.6. The number of fused-ring (bicyclic) bond motifs is 2. The molecule has 0 unspecified atom stereocenters. The van der Waals surface area contributed by atoms with Crippen molar-refractivity contribution in [1.82, 2.24) is 20.9 Å². The predicted octanol–water partition coefficient (Wildman–Crippen LogP) is -7.56. The molecule has 360 valence electrons. The maximum Gasteiger partial charge on any atom is 0.362 e. The number of amidine groups is 2. The van der Waals surface area contributed by atoms with E-state index in [1.54, 1.807) is 0 Å². The number of nitrogens with one attached hydrogen (secondary N) is 3. The summed E-state index contributed by atoms with van der Waals surface area (Å²) in [6.45, 7) is 6.60. The molecule has 24 heteroatoms. The number of aliphatic hydroxyl groups is 4. The van der Waals surface area contributed by atoms with Crippen molar-refractivity contribution in [3.8, 4) is 0 Å². The molecule has 0 saturated carbocycles. The number of guanidine groups is 2. The molecule has 0 aromatic rings. The number of nitrogens with zero attached hydrogens (tertiary/aromatic N) is 5. The number of aliphatic carboxylic acids is 4. The number of unbranched alkanes of at least 4 members (excludes halogenated alkanes) is 2. The van der Waals surface area contributed by atoms with Gasteiger partial charge in [0.2, 0.25) is 5.96 Å². The van der Waals surface area contributed by atoms with Crippen molar-refractivity contribution in [3.63, 3.8) is 0 Å². The van der Waals surface area contributed by atoms with Gasteiger partial charge in [-0.05, 0) is 51.4 Å². The van der Waals surface area contributed by atoms with Crippen LogP contribution in [0.2, 0.25) is 0 Å². The molecule has 2 fully saturated rings. The fraction of sp³-hybridized carbons (Fsp3) is 0.795. The van der Waals surface area contributed by atoms with E-state index in [9.17, 15) is 49.8 Å². The van der Waals surface area contributed by atoms with Crippen LogP contribution < -0.4 is 49.1 Å². The zero-order valence-electron chi connectivity index (χ0n) is 36.6. The summed E-state index contributed by atoms with van der Waals surface area (Å²) in [4.78, 5) is 58.1. The molecule has 0 aromatic carbocycles. The highest BCUT2D eigenvalue weighted by atomic mass is 16.4. The van der Waals surface area contributed by atoms with Crippen LogP contribution in [-0.4, -0.2) is 188 Å². The molecule has 0 radical (unpaired) electrons. The third-order valence-electron chi connectivity index (χ3n) is 10.7. The lowest BCUT2D eigenvalue weighted by Crippen LogP contribution is -2.64. The molecule has 10 atom stereocenters. The summed E-state index contributed by atoms with van der Waals surface area (Å²) in [5, 5.41) is 89.4. The second-order valence-electron chi connectivity index (χ2n) is 16.3. The Kier molecular flexibility index (Phi) is 24.5. The van der Waals surface area contributed by atoms with Crippen LogP contribution in [0, 0.1) is 0 Å². The molecule has 0 aliphatic carbocycles. The van der Waals surface area contributed by atoms with E-state index >= 15 is 0 Å². The number of rotatable bonds is 22. The summed E-state index contributed by atoms with van der Waals surface area (Å²) in [7, 11) is 0. The number of quaternary nitrogens is 2. The molecular weight excluding hydrogens is 829 g/mol. The molecule has 0 aromatic heterocycles. The van der Waals surface area contributed by atoms with E-state index in [1.165, 1.54) is 6.42 Å². The SMILES string of the molecule is CCC.N[C@@H](CCCCN1C[C@@H](O)[C@@H](O)C[C@@H]2NC(=NCCC[C@H](N)C(=O)[O-])N=C21)C(=O)[O-].[NH3+][C@@H](CCCC[N+]1=C2NC(=NCCC[C@H]([NH3+])C(=O)O)N[C@H]2C[C@H](O)[C@H](O)C1)C(=O)O. The van der Waals surface area contributed by atoms with Crippen LogP contribution >= 0.6 is 0 Å². The van der Waals surface area contributed by atoms with Crippen molar-refractivity contribution in [2.75, 3.05) is 39.3 Å². The standard InChI is InChI=1S/2C18H32N6O6.C3H8/c2*19-10(16(27)28)4-1-2-7-24-9-14(26)13(25)8-12-15(24)23-18(22-12)21-6-3-5-11(20)17(29)30;1-3-2/h10-14,25-26H,1-9,19-20H2,(H,21,22)(H,27,28)(H,29,30);10-14,25-26H,1-9,19-20H2,(H3,21,22,27,28,29,30);3H2,1-2H3/p+1/t2*10-,11-,12-,13-,14+;/m00./s1. The average molecular weight is 902 g/mol. The minimum atomic E-state index is -1.30. The van der Waals surface area contributed by atoms with Crippen molar-refractivity contribution in [1.29, 1.82) is 0 Å². The third kappa shape index (κ3) is 19.4. The number of hydrogen-bond donors (Lipinski definition) is 13. The van der Waals surface area contributed by atoms with E-state index in [-0.39, 0.29) is 44.4 Å². The first kappa shape index (κ1) is 54.6. The smallest absolute Gasteiger partial charge is 0.362 e. The Hall–Kier alpha value is -4.56. The van der Waals surface area contributed by atoms with Gasteiger partial charge in [-0.25, -0.2) is 19.9 Å². The van der Waals surface area contributed by atoms with Gasteiger partial charge in [-0.15, -0.1) is 0 Å². The molecule has 4 aliphatic rings. The molecule has 4 aliphatic heterocycles. The van der Waals surface area contributed by atoms with Gasteiger partial charge in [-0.3, -0.25) is 9.57 Å². The average Bonchev–Trinajstić information content (AvgIpc) is 3.77. The highest BCUT2D eigenvalue weighted by Crippen LogP contribution is 2.20. The maximum atomic E-state index is 10.9. The lowest BCUT2D eigenvalue weighted by Gasteiger charge is -2.26. The Balaban J connectivity index is 0.000000408. The number of carboxylic acid groups (broad SMARTS) is 4. The van der Waals surface area contributed by atoms with Gasteiger partial charge in [-0.2, -0.15) is 4.99 Å². The molecule has 0 spiro atoms. The van der Waals surface area contributed by atoms with E-state index < -0.39 is 72.5 Å². The lowest BCUT2D eigenvalue weighted by molar-refractivity contribution is -0.539. The van der Waals surface area contributed by atoms with E-state index in [2.05, 4.69) is 56.2 Å². The van der Waals surface area contributed by atoms with E-state index in [0.29, 0.717) is 95.3 Å². The molecule has 0 bridgehead atoms. The normalized spacial score (nSPS) is 26.1. The van der Waals surface area contributed by atoms with Crippen molar-refractivity contribution < 1.29 is 76.1 Å². The largest absolute Gasteiger partial charge is 0.548 e. The summed E-state index contributed by atoms with van der Waals surface area (Å²) in [5.41, 5.74) is 18.1. The highest BCUT2D eigenvalue weighted by molar-refractivity contribution is 6.07. The fourth-order valence-electron chi connectivity index (χ4n) is 6.98. The summed E-state index contributed by atoms with van der Waals surface area (Å²) in [5.74, 6) is -1.99. The van der Waals surface area contributed by atoms with Crippen molar-refractivity contribution in [2.45, 2.75) is 158 Å². The molecular formula is C39H73N12O12+. The van der Waals surface area contributed by atoms with E-state index in [1.807, 2.05) is 9.48 Å². The van der Waals surface area contributed by atoms with Gasteiger partial charge in [0, 0.05) is 63.9 Å². The number of carbonyl (C=O) groups excluding carboxylic acids is 2. The second kappa shape index (κ2) is 28.3. The van der Waals surface area contributed by atoms with Crippen LogP contribution in [0.15, 0.2) is 15.0 Å². The fourth-order valence-corrected chi connectivity index (χ4v) is 6.98. The second-order valence-corrected chi connectivity index (χ2v) is 16.3. The van der Waals surface area contributed by atoms with E-state index in [0.717, 1.165) is 12.3 Å². The number of aliphatic imine (C=N–C) groups is 3. The van der Waals surface area contributed by atoms with Crippen molar-refractivity contribution in [2.24, 2.45) is 26.4 Å². The molecule has 24 nitrogen and oxygen atoms in total. The number of carbonyl (C=O) groups is 4. The summed E-state index contributed by atoms with van der Waals surface area (Å²) >= 11 is 0. The number of hydrogen-bond acceptors (Lipinski definition) is 15. The first-order valence-electron chi connectivity index (χ1n) is 21.9. The Morgan fingerprint density at radius 1 is 0.778 bits per heavy atom. The number of likely N-dealkylation sites (tertiary alicyclic amines) is 1. The maximum absolute atomic E-state index is 10.9. The van der Waals surface area contributed by atoms with Crippen molar-refractivity contribution >= 4 is 47.5 Å². The Labute approximate surface area is 367 Å². The summed E-state index contributed by atoms with van der Waals surface area (Å²) in [6, 6.07) is -3.85. The minimum Gasteiger partial charge on any atom is -0.548 e. The third-order valence-corrected chi connectivity index (χ3v) is 10.7. The molecule has 2 saturated heterocycles. The quantitative estimate of drug-likeness (QED) is 0.0354. The first-order valence-corrected chi connectivity index (χ1v) is 21.9. The Morgan fingerprint density at radius 2 is 1.30 bits per heavy atom. The number of aliphatic hydroxyl groups excluding tert-OH is 4. The lowest BCUT2D eigenvalue weighted by atomic mass is 10.1. The number of β-amino-alcohol motifs (C(OH)–C–C–N with tert-alkyl or cyclic N) is 2. The molecule has 0 amide bonds. The summed E-state index contributed by atoms with van der Waals surface area (Å²) < 4.78 is 1.97. The van der Waals surface area contributed by atoms with Crippen molar-refractivity contribution in [3.05, 3.63) is 0 Å². The van der Waals surface area contributed by atoms with Crippen LogP contribution in [0.4, 0.5) is 0 Å². The Morgan fingerprint density at radius 3 is 1.90 bits per heavy atom. The van der Waals surface area contributed by atoms with Crippen LogP contribution in [0.5, 0.6) is 0 Å². The minimum absolute atomic E-state index is 0.193. The van der Waals surface area contributed by atoms with E-state index in [4.69, 9.17) is 21.7 Å². The molecule has 4 rings (SSSR count). The van der Waals surface area contributed by atoms with Gasteiger partial charge < -0.3 is 88.9 Å². The van der Waals surface area contributed by atoms with Gasteiger partial charge >= 0.3 is 11.9 Å². The van der Waals surface area contributed by atoms with Crippen LogP contribution in [0.1, 0.15) is 97.3 Å². The summed E-state index contributed by atoms with van der Waals surface area (Å²) in [6.07, 6.45) is 3.35. The Bertz CT molecular complexity index is 1600. The van der Waals surface area contributed by atoms with Gasteiger partial charge in [0.25, 0.3) is 11.8 Å². The van der Waals surface area contributed by atoms with Crippen LogP contribution in [0.3, 0.4) is 0 Å². The van der Waals surface area contributed by atoms with Crippen LogP contribution in [-0.2, 0) is 19.2 Å². The van der Waals surface area contributed by atoms with Gasteiger partial charge in [0.05, 0.1) is 42.8 Å². The highest BCUT2D eigenvalue weighted by Gasteiger charge is 2.42. The van der Waals surface area contributed by atoms with Gasteiger partial charge in [0.15, 0.2) is 12.1 Å². The topological polar surface area (TPSA) is 423 Å². The zero-order chi connectivity index (χ0) is 47.2. The van der Waals surface area contributed by atoms with Crippen LogP contribution in [0.25, 0.3) is 0 Å². The predicted molar refractivity (Wildman–Crippen MR) is 226 cm³/mol. The molecule has 63 heavy (non-hydrogen) atoms. The molecule has 19 N–H and O–H groups in total. The number of carboxylic acids is 4.